The monoisotopic (exact) mass is 213 g/mol. The Morgan fingerprint density at radius 1 is 1.47 bits per heavy atom. The molecular weight excluding hydrogens is 186 g/mol. The van der Waals surface area contributed by atoms with E-state index in [1.54, 1.807) is 0 Å². The van der Waals surface area contributed by atoms with Crippen LogP contribution in [0.3, 0.4) is 0 Å². The minimum Gasteiger partial charge on any atom is -0.389 e. The molecule has 2 unspecified atom stereocenters. The van der Waals surface area contributed by atoms with Crippen molar-refractivity contribution < 1.29 is 5.11 Å². The molecule has 0 saturated carbocycles. The molecule has 0 spiro atoms. The second kappa shape index (κ2) is 5.31. The van der Waals surface area contributed by atoms with Gasteiger partial charge in [0.1, 0.15) is 0 Å². The molecule has 1 rings (SSSR count). The molecule has 0 amide bonds. The number of hydrogen-bond acceptors (Lipinski definition) is 2. The van der Waals surface area contributed by atoms with Crippen LogP contribution in [-0.2, 0) is 0 Å². The van der Waals surface area contributed by atoms with Gasteiger partial charge < -0.3 is 10.0 Å². The molecule has 90 valence electrons. The first-order chi connectivity index (χ1) is 6.95. The van der Waals surface area contributed by atoms with Crippen molar-refractivity contribution in [2.75, 3.05) is 19.6 Å². The van der Waals surface area contributed by atoms with Gasteiger partial charge in [0, 0.05) is 13.1 Å². The molecule has 15 heavy (non-hydrogen) atoms. The Hall–Kier alpha value is -0.0800. The maximum Gasteiger partial charge on any atom is 0.0768 e. The number of rotatable bonds is 4. The fourth-order valence-corrected chi connectivity index (χ4v) is 2.26. The summed E-state index contributed by atoms with van der Waals surface area (Å²) in [5, 5.41) is 10.3. The summed E-state index contributed by atoms with van der Waals surface area (Å²) < 4.78 is 0. The molecule has 0 aliphatic carbocycles. The van der Waals surface area contributed by atoms with Gasteiger partial charge in [0.15, 0.2) is 0 Å². The molecule has 2 atom stereocenters. The first kappa shape index (κ1) is 13.0. The first-order valence-corrected chi connectivity index (χ1v) is 6.40. The molecule has 1 heterocycles. The van der Waals surface area contributed by atoms with Crippen LogP contribution in [0.1, 0.15) is 47.0 Å². The summed E-state index contributed by atoms with van der Waals surface area (Å²) in [6.45, 7) is 11.6. The quantitative estimate of drug-likeness (QED) is 0.775. The number of nitrogens with zero attached hydrogens (tertiary/aromatic N) is 1. The normalized spacial score (nSPS) is 28.0. The molecule has 1 aliphatic rings. The van der Waals surface area contributed by atoms with Crippen LogP contribution >= 0.6 is 0 Å². The summed E-state index contributed by atoms with van der Waals surface area (Å²) >= 11 is 0. The number of hydrogen-bond donors (Lipinski definition) is 1. The highest BCUT2D eigenvalue weighted by molar-refractivity contribution is 4.83. The molecule has 2 nitrogen and oxygen atoms in total. The van der Waals surface area contributed by atoms with E-state index in [0.29, 0.717) is 5.92 Å². The van der Waals surface area contributed by atoms with Crippen LogP contribution in [0.25, 0.3) is 0 Å². The molecule has 1 aliphatic heterocycles. The van der Waals surface area contributed by atoms with Crippen molar-refractivity contribution >= 4 is 0 Å². The lowest BCUT2D eigenvalue weighted by Gasteiger charge is -2.38. The maximum atomic E-state index is 10.3. The predicted octanol–water partition coefficient (Wildman–Crippen LogP) is 2.52. The molecule has 2 heteroatoms. The zero-order chi connectivity index (χ0) is 11.5. The second-order valence-electron chi connectivity index (χ2n) is 5.66. The van der Waals surface area contributed by atoms with Crippen molar-refractivity contribution in [2.24, 2.45) is 11.8 Å². The van der Waals surface area contributed by atoms with Crippen LogP contribution in [-0.4, -0.2) is 35.2 Å². The summed E-state index contributed by atoms with van der Waals surface area (Å²) in [5.74, 6) is 1.18. The smallest absolute Gasteiger partial charge is 0.0768 e. The van der Waals surface area contributed by atoms with Crippen LogP contribution < -0.4 is 0 Å². The highest BCUT2D eigenvalue weighted by atomic mass is 16.3. The van der Waals surface area contributed by atoms with E-state index < -0.39 is 5.60 Å². The summed E-state index contributed by atoms with van der Waals surface area (Å²) in [6, 6.07) is 0. The van der Waals surface area contributed by atoms with Gasteiger partial charge in [-0.1, -0.05) is 27.2 Å². The van der Waals surface area contributed by atoms with Gasteiger partial charge >= 0.3 is 0 Å². The summed E-state index contributed by atoms with van der Waals surface area (Å²) in [6.07, 6.45) is 3.95. The number of piperidine rings is 1. The van der Waals surface area contributed by atoms with Crippen LogP contribution in [0.5, 0.6) is 0 Å². The maximum absolute atomic E-state index is 10.3. The van der Waals surface area contributed by atoms with Gasteiger partial charge in [-0.3, -0.25) is 0 Å². The first-order valence-electron chi connectivity index (χ1n) is 6.40. The van der Waals surface area contributed by atoms with Gasteiger partial charge in [0.05, 0.1) is 5.60 Å². The lowest BCUT2D eigenvalue weighted by molar-refractivity contribution is -0.0278. The van der Waals surface area contributed by atoms with Crippen molar-refractivity contribution in [1.29, 1.82) is 0 Å². The van der Waals surface area contributed by atoms with Crippen molar-refractivity contribution in [3.05, 3.63) is 0 Å². The Bertz CT molecular complexity index is 189. The highest BCUT2D eigenvalue weighted by Gasteiger charge is 2.29. The predicted molar refractivity (Wildman–Crippen MR) is 64.9 cm³/mol. The molecule has 0 aromatic carbocycles. The lowest BCUT2D eigenvalue weighted by atomic mass is 9.89. The van der Waals surface area contributed by atoms with Gasteiger partial charge in [-0.05, 0) is 38.1 Å². The molecule has 0 bridgehead atoms. The van der Waals surface area contributed by atoms with Gasteiger partial charge in [-0.25, -0.2) is 0 Å². The Kier molecular flexibility index (Phi) is 4.60. The third kappa shape index (κ3) is 3.76. The van der Waals surface area contributed by atoms with Crippen LogP contribution in [0.15, 0.2) is 0 Å². The van der Waals surface area contributed by atoms with Gasteiger partial charge in [-0.2, -0.15) is 0 Å². The SMILES string of the molecule is CCC1CCCN(CC(C)(O)C(C)C)C1. The van der Waals surface area contributed by atoms with E-state index in [-0.39, 0.29) is 0 Å². The zero-order valence-electron chi connectivity index (χ0n) is 10.8. The average Bonchev–Trinajstić information content (AvgIpc) is 2.17. The molecule has 1 saturated heterocycles. The molecule has 0 radical (unpaired) electrons. The van der Waals surface area contributed by atoms with Gasteiger partial charge in [0.25, 0.3) is 0 Å². The van der Waals surface area contributed by atoms with Crippen LogP contribution in [0.2, 0.25) is 0 Å². The average molecular weight is 213 g/mol. The topological polar surface area (TPSA) is 23.5 Å². The molecule has 1 fully saturated rings. The highest BCUT2D eigenvalue weighted by Crippen LogP contribution is 2.23. The summed E-state index contributed by atoms with van der Waals surface area (Å²) in [7, 11) is 0. The fourth-order valence-electron chi connectivity index (χ4n) is 2.26. The largest absolute Gasteiger partial charge is 0.389 e. The number of β-amino-alcohol motifs (C(OH)–C–C–N with tert-alkyl or cyclic N) is 1. The zero-order valence-corrected chi connectivity index (χ0v) is 10.8. The minimum atomic E-state index is -0.532. The van der Waals surface area contributed by atoms with E-state index in [9.17, 15) is 5.11 Å². The van der Waals surface area contributed by atoms with Crippen molar-refractivity contribution in [1.82, 2.24) is 4.90 Å². The van der Waals surface area contributed by atoms with E-state index in [2.05, 4.69) is 25.7 Å². The van der Waals surface area contributed by atoms with E-state index in [0.717, 1.165) is 12.5 Å². The minimum absolute atomic E-state index is 0.333. The standard InChI is InChI=1S/C13H27NO/c1-5-12-7-6-8-14(9-12)10-13(4,15)11(2)3/h11-12,15H,5-10H2,1-4H3. The van der Waals surface area contributed by atoms with Gasteiger partial charge in [0.2, 0.25) is 0 Å². The Balaban J connectivity index is 2.44. The lowest BCUT2D eigenvalue weighted by Crippen LogP contribution is -2.47. The molecule has 1 N–H and O–H groups in total. The second-order valence-corrected chi connectivity index (χ2v) is 5.66. The van der Waals surface area contributed by atoms with Crippen molar-refractivity contribution in [2.45, 2.75) is 52.6 Å². The Morgan fingerprint density at radius 2 is 2.13 bits per heavy atom. The van der Waals surface area contributed by atoms with Gasteiger partial charge in [-0.15, -0.1) is 0 Å². The van der Waals surface area contributed by atoms with E-state index in [1.165, 1.54) is 32.4 Å². The van der Waals surface area contributed by atoms with E-state index >= 15 is 0 Å². The Labute approximate surface area is 94.7 Å². The molecule has 0 aromatic heterocycles. The summed E-state index contributed by atoms with van der Waals surface area (Å²) in [5.41, 5.74) is -0.532. The third-order valence-electron chi connectivity index (χ3n) is 3.97. The van der Waals surface area contributed by atoms with E-state index in [4.69, 9.17) is 0 Å². The Morgan fingerprint density at radius 3 is 2.67 bits per heavy atom. The fraction of sp³-hybridized carbons (Fsp3) is 1.00. The number of aliphatic hydroxyl groups is 1. The molecule has 0 aromatic rings. The number of likely N-dealkylation sites (tertiary alicyclic amines) is 1. The third-order valence-corrected chi connectivity index (χ3v) is 3.97. The van der Waals surface area contributed by atoms with Crippen LogP contribution in [0, 0.1) is 11.8 Å². The van der Waals surface area contributed by atoms with Crippen molar-refractivity contribution in [3.63, 3.8) is 0 Å². The van der Waals surface area contributed by atoms with E-state index in [1.807, 2.05) is 6.92 Å². The molecular formula is C13H27NO. The van der Waals surface area contributed by atoms with Crippen LogP contribution in [0.4, 0.5) is 0 Å². The summed E-state index contributed by atoms with van der Waals surface area (Å²) in [4.78, 5) is 2.44. The van der Waals surface area contributed by atoms with Crippen molar-refractivity contribution in [3.8, 4) is 0 Å².